The summed E-state index contributed by atoms with van der Waals surface area (Å²) in [5.41, 5.74) is 8.65. The molecule has 0 saturated heterocycles. The zero-order chi connectivity index (χ0) is 17.1. The summed E-state index contributed by atoms with van der Waals surface area (Å²) in [6.07, 6.45) is 1.46. The number of para-hydroxylation sites is 3. The van der Waals surface area contributed by atoms with Crippen LogP contribution in [0.4, 0.5) is 5.82 Å². The molecule has 2 heterocycles. The summed E-state index contributed by atoms with van der Waals surface area (Å²) in [5, 5.41) is 4.45. The lowest BCUT2D eigenvalue weighted by atomic mass is 10.2. The Hall–Kier alpha value is -2.99. The minimum atomic E-state index is 0.538. The Kier molecular flexibility index (Phi) is 4.26. The first kappa shape index (κ1) is 15.5. The molecule has 2 aromatic carbocycles. The van der Waals surface area contributed by atoms with Gasteiger partial charge in [0.05, 0.1) is 16.6 Å². The van der Waals surface area contributed by atoms with Crippen LogP contribution in [0.2, 0.25) is 0 Å². The summed E-state index contributed by atoms with van der Waals surface area (Å²) in [6.45, 7) is 1.28. The highest BCUT2D eigenvalue weighted by Crippen LogP contribution is 2.20. The number of hydrogen-bond donors (Lipinski definition) is 3. The number of rotatable bonds is 6. The molecule has 0 saturated carbocycles. The smallest absolute Gasteiger partial charge is 0.137 e. The molecule has 0 aliphatic rings. The molecule has 25 heavy (non-hydrogen) atoms. The van der Waals surface area contributed by atoms with Crippen molar-refractivity contribution in [1.82, 2.24) is 19.9 Å². The lowest BCUT2D eigenvalue weighted by molar-refractivity contribution is 0.872. The standard InChI is InChI=1S/C19H20N6/c20-11-9-17-22-14-6-2-1-5-13(14)19(25-17)21-12-10-18-23-15-7-3-4-8-16(15)24-18/h1-8H,9-12,20H2,(H,23,24)(H,21,22,25). The van der Waals surface area contributed by atoms with Crippen molar-refractivity contribution in [2.45, 2.75) is 12.8 Å². The van der Waals surface area contributed by atoms with E-state index in [-0.39, 0.29) is 0 Å². The quantitative estimate of drug-likeness (QED) is 0.505. The first-order chi connectivity index (χ1) is 12.3. The van der Waals surface area contributed by atoms with E-state index < -0.39 is 0 Å². The largest absolute Gasteiger partial charge is 0.369 e. The van der Waals surface area contributed by atoms with Gasteiger partial charge in [0.25, 0.3) is 0 Å². The van der Waals surface area contributed by atoms with Crippen LogP contribution < -0.4 is 11.1 Å². The van der Waals surface area contributed by atoms with E-state index in [2.05, 4.69) is 25.3 Å². The normalized spacial score (nSPS) is 11.2. The second kappa shape index (κ2) is 6.86. The average Bonchev–Trinajstić information content (AvgIpc) is 3.05. The van der Waals surface area contributed by atoms with Crippen LogP contribution in [0.25, 0.3) is 21.9 Å². The zero-order valence-electron chi connectivity index (χ0n) is 13.9. The van der Waals surface area contributed by atoms with Gasteiger partial charge in [-0.05, 0) is 30.8 Å². The number of aromatic nitrogens is 4. The van der Waals surface area contributed by atoms with Gasteiger partial charge < -0.3 is 16.0 Å². The Balaban J connectivity index is 1.53. The van der Waals surface area contributed by atoms with E-state index in [1.54, 1.807) is 0 Å². The molecule has 0 radical (unpaired) electrons. The van der Waals surface area contributed by atoms with Crippen molar-refractivity contribution in [1.29, 1.82) is 0 Å². The second-order valence-electron chi connectivity index (χ2n) is 5.92. The van der Waals surface area contributed by atoms with E-state index in [1.807, 2.05) is 48.5 Å². The molecule has 4 aromatic rings. The molecule has 0 bridgehead atoms. The summed E-state index contributed by atoms with van der Waals surface area (Å²) in [6, 6.07) is 16.1. The number of hydrogen-bond acceptors (Lipinski definition) is 5. The van der Waals surface area contributed by atoms with Gasteiger partial charge in [-0.2, -0.15) is 0 Å². The Morgan fingerprint density at radius 3 is 2.52 bits per heavy atom. The number of fused-ring (bicyclic) bond motifs is 2. The Bertz CT molecular complexity index is 974. The molecule has 126 valence electrons. The third-order valence-corrected chi connectivity index (χ3v) is 4.11. The van der Waals surface area contributed by atoms with Crippen LogP contribution in [0.15, 0.2) is 48.5 Å². The van der Waals surface area contributed by atoms with Crippen molar-refractivity contribution in [3.05, 3.63) is 60.2 Å². The van der Waals surface area contributed by atoms with Gasteiger partial charge in [-0.3, -0.25) is 0 Å². The van der Waals surface area contributed by atoms with Crippen LogP contribution in [-0.2, 0) is 12.8 Å². The number of aromatic amines is 1. The summed E-state index contributed by atoms with van der Waals surface area (Å²) in [7, 11) is 0. The van der Waals surface area contributed by atoms with E-state index >= 15 is 0 Å². The van der Waals surface area contributed by atoms with Crippen molar-refractivity contribution in [2.24, 2.45) is 5.73 Å². The molecule has 0 atom stereocenters. The fourth-order valence-corrected chi connectivity index (χ4v) is 2.92. The molecule has 0 aliphatic heterocycles. The number of benzene rings is 2. The molecule has 0 aliphatic carbocycles. The molecule has 0 unspecified atom stereocenters. The lowest BCUT2D eigenvalue weighted by Crippen LogP contribution is -2.11. The highest BCUT2D eigenvalue weighted by atomic mass is 15.0. The number of nitrogens with one attached hydrogen (secondary N) is 2. The van der Waals surface area contributed by atoms with Crippen LogP contribution in [0.3, 0.4) is 0 Å². The third-order valence-electron chi connectivity index (χ3n) is 4.11. The second-order valence-corrected chi connectivity index (χ2v) is 5.92. The topological polar surface area (TPSA) is 92.5 Å². The van der Waals surface area contributed by atoms with Gasteiger partial charge in [-0.25, -0.2) is 15.0 Å². The lowest BCUT2D eigenvalue weighted by Gasteiger charge is -2.10. The van der Waals surface area contributed by atoms with Gasteiger partial charge in [0.1, 0.15) is 17.5 Å². The molecular weight excluding hydrogens is 312 g/mol. The molecule has 6 nitrogen and oxygen atoms in total. The van der Waals surface area contributed by atoms with Crippen LogP contribution in [0, 0.1) is 0 Å². The highest BCUT2D eigenvalue weighted by molar-refractivity contribution is 5.89. The molecular formula is C19H20N6. The summed E-state index contributed by atoms with van der Waals surface area (Å²) < 4.78 is 0. The summed E-state index contributed by atoms with van der Waals surface area (Å²) in [5.74, 6) is 2.59. The third kappa shape index (κ3) is 3.29. The van der Waals surface area contributed by atoms with E-state index in [0.29, 0.717) is 13.0 Å². The van der Waals surface area contributed by atoms with E-state index in [9.17, 15) is 0 Å². The monoisotopic (exact) mass is 332 g/mol. The number of H-pyrrole nitrogens is 1. The fourth-order valence-electron chi connectivity index (χ4n) is 2.92. The van der Waals surface area contributed by atoms with Gasteiger partial charge in [0.2, 0.25) is 0 Å². The fraction of sp³-hybridized carbons (Fsp3) is 0.211. The van der Waals surface area contributed by atoms with Gasteiger partial charge in [0, 0.05) is 24.8 Å². The molecule has 4 N–H and O–H groups in total. The van der Waals surface area contributed by atoms with E-state index in [0.717, 1.165) is 52.4 Å². The summed E-state index contributed by atoms with van der Waals surface area (Å²) >= 11 is 0. The van der Waals surface area contributed by atoms with Crippen molar-refractivity contribution in [3.8, 4) is 0 Å². The van der Waals surface area contributed by atoms with Gasteiger partial charge in [-0.15, -0.1) is 0 Å². The van der Waals surface area contributed by atoms with Crippen molar-refractivity contribution in [2.75, 3.05) is 18.4 Å². The van der Waals surface area contributed by atoms with Gasteiger partial charge in [-0.1, -0.05) is 24.3 Å². The van der Waals surface area contributed by atoms with Crippen LogP contribution >= 0.6 is 0 Å². The Labute approximate surface area is 145 Å². The number of anilines is 1. The molecule has 0 fully saturated rings. The van der Waals surface area contributed by atoms with Crippen LogP contribution in [0.1, 0.15) is 11.6 Å². The van der Waals surface area contributed by atoms with Crippen LogP contribution in [-0.4, -0.2) is 33.0 Å². The molecule has 0 amide bonds. The van der Waals surface area contributed by atoms with Crippen molar-refractivity contribution >= 4 is 27.8 Å². The molecule has 6 heteroatoms. The molecule has 4 rings (SSSR count). The number of nitrogens with zero attached hydrogens (tertiary/aromatic N) is 3. The maximum Gasteiger partial charge on any atom is 0.137 e. The number of nitrogens with two attached hydrogens (primary N) is 1. The molecule has 0 spiro atoms. The van der Waals surface area contributed by atoms with Crippen molar-refractivity contribution < 1.29 is 0 Å². The Morgan fingerprint density at radius 2 is 1.68 bits per heavy atom. The SMILES string of the molecule is NCCc1nc(NCCc2nc3ccccc3[nH]2)c2ccccc2n1. The van der Waals surface area contributed by atoms with E-state index in [4.69, 9.17) is 5.73 Å². The van der Waals surface area contributed by atoms with Crippen molar-refractivity contribution in [3.63, 3.8) is 0 Å². The summed E-state index contributed by atoms with van der Waals surface area (Å²) in [4.78, 5) is 17.2. The first-order valence-corrected chi connectivity index (χ1v) is 8.47. The van der Waals surface area contributed by atoms with Gasteiger partial charge >= 0.3 is 0 Å². The van der Waals surface area contributed by atoms with Gasteiger partial charge in [0.15, 0.2) is 0 Å². The maximum atomic E-state index is 5.65. The highest BCUT2D eigenvalue weighted by Gasteiger charge is 2.08. The predicted molar refractivity (Wildman–Crippen MR) is 101 cm³/mol. The Morgan fingerprint density at radius 1 is 0.880 bits per heavy atom. The number of imidazole rings is 1. The molecule has 2 aromatic heterocycles. The van der Waals surface area contributed by atoms with Crippen LogP contribution in [0.5, 0.6) is 0 Å². The minimum absolute atomic E-state index is 0.538. The predicted octanol–water partition coefficient (Wildman–Crippen LogP) is 2.66. The van der Waals surface area contributed by atoms with E-state index in [1.165, 1.54) is 0 Å². The minimum Gasteiger partial charge on any atom is -0.369 e. The first-order valence-electron chi connectivity index (χ1n) is 8.47. The zero-order valence-corrected chi connectivity index (χ0v) is 13.9. The maximum absolute atomic E-state index is 5.65. The average molecular weight is 332 g/mol.